The molecular weight excluding hydrogens is 420 g/mol. The Kier molecular flexibility index (Phi) is 7.73. The Morgan fingerprint density at radius 1 is 0.774 bits per heavy atom. The van der Waals surface area contributed by atoms with E-state index < -0.39 is 11.8 Å². The summed E-state index contributed by atoms with van der Waals surface area (Å²) >= 11 is 5.85. The van der Waals surface area contributed by atoms with E-state index in [1.165, 1.54) is 0 Å². The van der Waals surface area contributed by atoms with Gasteiger partial charge in [0.2, 0.25) is 0 Å². The first kappa shape index (κ1) is 22.0. The van der Waals surface area contributed by atoms with Crippen molar-refractivity contribution < 1.29 is 23.8 Å². The molecule has 8 heteroatoms. The molecule has 0 aliphatic carbocycles. The predicted octanol–water partition coefficient (Wildman–Crippen LogP) is 3.77. The molecule has 3 rings (SSSR count). The van der Waals surface area contributed by atoms with Gasteiger partial charge in [0.15, 0.2) is 6.61 Å². The van der Waals surface area contributed by atoms with E-state index in [1.807, 2.05) is 0 Å². The van der Waals surface area contributed by atoms with Crippen molar-refractivity contribution in [2.45, 2.75) is 6.61 Å². The van der Waals surface area contributed by atoms with Gasteiger partial charge in [0.1, 0.15) is 23.9 Å². The van der Waals surface area contributed by atoms with Crippen LogP contribution < -0.4 is 25.1 Å². The van der Waals surface area contributed by atoms with Gasteiger partial charge in [-0.25, -0.2) is 0 Å². The van der Waals surface area contributed by atoms with Crippen LogP contribution in [-0.4, -0.2) is 25.5 Å². The monoisotopic (exact) mass is 440 g/mol. The minimum Gasteiger partial charge on any atom is -0.497 e. The van der Waals surface area contributed by atoms with Gasteiger partial charge in [-0.2, -0.15) is 0 Å². The number of hydrogen-bond donors (Lipinski definition) is 2. The maximum Gasteiger partial charge on any atom is 0.276 e. The second-order valence-electron chi connectivity index (χ2n) is 6.41. The van der Waals surface area contributed by atoms with E-state index in [0.29, 0.717) is 34.4 Å². The summed E-state index contributed by atoms with van der Waals surface area (Å²) in [4.78, 5) is 24.1. The lowest BCUT2D eigenvalue weighted by atomic mass is 10.1. The van der Waals surface area contributed by atoms with Crippen molar-refractivity contribution in [3.05, 3.63) is 88.9 Å². The highest BCUT2D eigenvalue weighted by Gasteiger charge is 2.08. The summed E-state index contributed by atoms with van der Waals surface area (Å²) in [6, 6.07) is 20.7. The standard InChI is InChI=1S/C23H21ClN2O5/c1-29-19-10-12-21(13-11-19)31-15-22(27)25-26-23(28)17-4-2-16(3-5-17)14-30-20-8-6-18(24)7-9-20/h2-13H,14-15H2,1H3,(H,25,27)(H,26,28). The zero-order valence-electron chi connectivity index (χ0n) is 16.8. The second-order valence-corrected chi connectivity index (χ2v) is 6.84. The van der Waals surface area contributed by atoms with E-state index in [4.69, 9.17) is 25.8 Å². The first-order valence-electron chi connectivity index (χ1n) is 9.37. The Bertz CT molecular complexity index is 1010. The molecule has 0 bridgehead atoms. The maximum absolute atomic E-state index is 12.2. The lowest BCUT2D eigenvalue weighted by Gasteiger charge is -2.10. The van der Waals surface area contributed by atoms with Crippen LogP contribution >= 0.6 is 11.6 Å². The summed E-state index contributed by atoms with van der Waals surface area (Å²) in [6.45, 7) is 0.108. The number of hydrogen-bond acceptors (Lipinski definition) is 5. The molecule has 0 spiro atoms. The number of methoxy groups -OCH3 is 1. The van der Waals surface area contributed by atoms with E-state index in [2.05, 4.69) is 10.9 Å². The number of nitrogens with one attached hydrogen (secondary N) is 2. The Balaban J connectivity index is 1.41. The van der Waals surface area contributed by atoms with Gasteiger partial charge in [0, 0.05) is 10.6 Å². The van der Waals surface area contributed by atoms with Crippen LogP contribution in [0.2, 0.25) is 5.02 Å². The van der Waals surface area contributed by atoms with Crippen LogP contribution in [0.25, 0.3) is 0 Å². The van der Waals surface area contributed by atoms with Gasteiger partial charge in [-0.3, -0.25) is 20.4 Å². The zero-order chi connectivity index (χ0) is 22.1. The highest BCUT2D eigenvalue weighted by Crippen LogP contribution is 2.18. The number of rotatable bonds is 8. The molecule has 0 aromatic heterocycles. The molecular formula is C23H21ClN2O5. The summed E-state index contributed by atoms with van der Waals surface area (Å²) in [5.74, 6) is 0.969. The molecule has 160 valence electrons. The van der Waals surface area contributed by atoms with Crippen molar-refractivity contribution in [1.29, 1.82) is 0 Å². The van der Waals surface area contributed by atoms with Crippen LogP contribution in [-0.2, 0) is 11.4 Å². The zero-order valence-corrected chi connectivity index (χ0v) is 17.5. The van der Waals surface area contributed by atoms with Crippen LogP contribution in [0.3, 0.4) is 0 Å². The van der Waals surface area contributed by atoms with Crippen LogP contribution in [0.1, 0.15) is 15.9 Å². The Morgan fingerprint density at radius 3 is 2.00 bits per heavy atom. The highest BCUT2D eigenvalue weighted by atomic mass is 35.5. The van der Waals surface area contributed by atoms with Gasteiger partial charge in [-0.1, -0.05) is 23.7 Å². The molecule has 2 N–H and O–H groups in total. The van der Waals surface area contributed by atoms with Crippen LogP contribution in [0.5, 0.6) is 17.2 Å². The fraction of sp³-hybridized carbons (Fsp3) is 0.130. The minimum atomic E-state index is -0.489. The molecule has 0 saturated carbocycles. The van der Waals surface area contributed by atoms with Crippen molar-refractivity contribution >= 4 is 23.4 Å². The van der Waals surface area contributed by atoms with E-state index in [9.17, 15) is 9.59 Å². The Hall–Kier alpha value is -3.71. The van der Waals surface area contributed by atoms with E-state index in [-0.39, 0.29) is 6.61 Å². The van der Waals surface area contributed by atoms with Crippen LogP contribution in [0, 0.1) is 0 Å². The average Bonchev–Trinajstić information content (AvgIpc) is 2.81. The topological polar surface area (TPSA) is 85.9 Å². The van der Waals surface area contributed by atoms with Gasteiger partial charge in [0.25, 0.3) is 11.8 Å². The highest BCUT2D eigenvalue weighted by molar-refractivity contribution is 6.30. The van der Waals surface area contributed by atoms with Crippen molar-refractivity contribution in [2.75, 3.05) is 13.7 Å². The molecule has 0 aliphatic heterocycles. The smallest absolute Gasteiger partial charge is 0.276 e. The quantitative estimate of drug-likeness (QED) is 0.521. The normalized spacial score (nSPS) is 10.1. The number of halogens is 1. The van der Waals surface area contributed by atoms with E-state index in [1.54, 1.807) is 79.9 Å². The fourth-order valence-corrected chi connectivity index (χ4v) is 2.63. The van der Waals surface area contributed by atoms with Gasteiger partial charge in [-0.15, -0.1) is 0 Å². The number of amides is 2. The third kappa shape index (κ3) is 6.94. The molecule has 2 amide bonds. The third-order valence-electron chi connectivity index (χ3n) is 4.18. The fourth-order valence-electron chi connectivity index (χ4n) is 2.51. The van der Waals surface area contributed by atoms with E-state index in [0.717, 1.165) is 5.56 Å². The molecule has 0 heterocycles. The van der Waals surface area contributed by atoms with Crippen molar-refractivity contribution in [3.8, 4) is 17.2 Å². The van der Waals surface area contributed by atoms with Crippen LogP contribution in [0.4, 0.5) is 0 Å². The van der Waals surface area contributed by atoms with Gasteiger partial charge >= 0.3 is 0 Å². The average molecular weight is 441 g/mol. The van der Waals surface area contributed by atoms with Gasteiger partial charge in [0.05, 0.1) is 7.11 Å². The number of benzene rings is 3. The number of carbonyl (C=O) groups is 2. The number of ether oxygens (including phenoxy) is 3. The summed E-state index contributed by atoms with van der Waals surface area (Å²) in [7, 11) is 1.56. The summed E-state index contributed by atoms with van der Waals surface area (Å²) in [5.41, 5.74) is 5.96. The largest absolute Gasteiger partial charge is 0.497 e. The lowest BCUT2D eigenvalue weighted by Crippen LogP contribution is -2.43. The predicted molar refractivity (Wildman–Crippen MR) is 116 cm³/mol. The molecule has 0 aliphatic rings. The first-order chi connectivity index (χ1) is 15.0. The Morgan fingerprint density at radius 2 is 1.35 bits per heavy atom. The van der Waals surface area contributed by atoms with Gasteiger partial charge < -0.3 is 14.2 Å². The number of hydrazine groups is 1. The maximum atomic E-state index is 12.2. The summed E-state index contributed by atoms with van der Waals surface area (Å²) in [5, 5.41) is 0.641. The minimum absolute atomic E-state index is 0.242. The van der Waals surface area contributed by atoms with Crippen molar-refractivity contribution in [1.82, 2.24) is 10.9 Å². The number of carbonyl (C=O) groups excluding carboxylic acids is 2. The second kappa shape index (κ2) is 10.9. The van der Waals surface area contributed by atoms with Crippen molar-refractivity contribution in [3.63, 3.8) is 0 Å². The lowest BCUT2D eigenvalue weighted by molar-refractivity contribution is -0.123. The summed E-state index contributed by atoms with van der Waals surface area (Å²) in [6.07, 6.45) is 0. The molecule has 0 saturated heterocycles. The van der Waals surface area contributed by atoms with Crippen molar-refractivity contribution in [2.24, 2.45) is 0 Å². The summed E-state index contributed by atoms with van der Waals surface area (Å²) < 4.78 is 16.1. The van der Waals surface area contributed by atoms with Gasteiger partial charge in [-0.05, 0) is 66.2 Å². The first-order valence-corrected chi connectivity index (χ1v) is 9.74. The third-order valence-corrected chi connectivity index (χ3v) is 4.43. The molecule has 0 atom stereocenters. The molecule has 31 heavy (non-hydrogen) atoms. The molecule has 3 aromatic rings. The van der Waals surface area contributed by atoms with Crippen LogP contribution in [0.15, 0.2) is 72.8 Å². The molecule has 0 fully saturated rings. The SMILES string of the molecule is COc1ccc(OCC(=O)NNC(=O)c2ccc(COc3ccc(Cl)cc3)cc2)cc1. The molecule has 7 nitrogen and oxygen atoms in total. The molecule has 0 radical (unpaired) electrons. The molecule has 0 unspecified atom stereocenters. The van der Waals surface area contributed by atoms with E-state index >= 15 is 0 Å². The Labute approximate surface area is 184 Å². The molecule has 3 aromatic carbocycles.